The molecule has 0 bridgehead atoms. The summed E-state index contributed by atoms with van der Waals surface area (Å²) in [6.07, 6.45) is 0. The maximum Gasteiger partial charge on any atom is 0.161 e. The summed E-state index contributed by atoms with van der Waals surface area (Å²) in [4.78, 5) is 0. The van der Waals surface area contributed by atoms with E-state index < -0.39 is 0 Å². The molecule has 1 heterocycles. The molecule has 0 spiro atoms. The van der Waals surface area contributed by atoms with Gasteiger partial charge in [-0.05, 0) is 23.3 Å². The predicted octanol–water partition coefficient (Wildman–Crippen LogP) is 4.54. The van der Waals surface area contributed by atoms with Crippen molar-refractivity contribution in [3.63, 3.8) is 0 Å². The van der Waals surface area contributed by atoms with Gasteiger partial charge >= 0.3 is 0 Å². The van der Waals surface area contributed by atoms with E-state index in [1.807, 2.05) is 36.4 Å². The summed E-state index contributed by atoms with van der Waals surface area (Å²) >= 11 is 6.64. The predicted molar refractivity (Wildman–Crippen MR) is 80.9 cm³/mol. The van der Waals surface area contributed by atoms with Crippen LogP contribution >= 0.6 is 11.6 Å². The molecular weight excluding hydrogens is 272 g/mol. The number of benzene rings is 2. The fourth-order valence-electron chi connectivity index (χ4n) is 2.45. The Morgan fingerprint density at radius 1 is 0.900 bits per heavy atom. The van der Waals surface area contributed by atoms with Gasteiger partial charge in [-0.25, -0.2) is 0 Å². The summed E-state index contributed by atoms with van der Waals surface area (Å²) in [6.45, 7) is 3.35. The van der Waals surface area contributed by atoms with Crippen LogP contribution in [0.5, 0.6) is 11.5 Å². The van der Waals surface area contributed by atoms with Gasteiger partial charge < -0.3 is 9.47 Å². The topological polar surface area (TPSA) is 18.5 Å². The smallest absolute Gasteiger partial charge is 0.161 e. The van der Waals surface area contributed by atoms with Gasteiger partial charge in [-0.1, -0.05) is 43.3 Å². The van der Waals surface area contributed by atoms with Crippen molar-refractivity contribution in [3.8, 4) is 11.5 Å². The molecule has 0 N–H and O–H groups in total. The number of alkyl halides is 1. The molecule has 0 saturated carbocycles. The molecule has 1 aliphatic rings. The van der Waals surface area contributed by atoms with Crippen LogP contribution in [0, 0.1) is 0 Å². The van der Waals surface area contributed by atoms with E-state index in [1.165, 1.54) is 5.56 Å². The molecule has 2 atom stereocenters. The summed E-state index contributed by atoms with van der Waals surface area (Å²) in [5, 5.41) is -0.0896. The van der Waals surface area contributed by atoms with E-state index in [1.54, 1.807) is 0 Å². The largest absolute Gasteiger partial charge is 0.486 e. The first-order valence-electron chi connectivity index (χ1n) is 6.84. The van der Waals surface area contributed by atoms with Crippen LogP contribution in [0.1, 0.15) is 29.3 Å². The maximum absolute atomic E-state index is 6.64. The van der Waals surface area contributed by atoms with Gasteiger partial charge in [-0.15, -0.1) is 11.6 Å². The summed E-state index contributed by atoms with van der Waals surface area (Å²) in [6, 6.07) is 16.3. The van der Waals surface area contributed by atoms with E-state index >= 15 is 0 Å². The first-order valence-corrected chi connectivity index (χ1v) is 7.28. The Bertz CT molecular complexity index is 583. The molecule has 0 aromatic heterocycles. The number of ether oxygens (including phenoxy) is 2. The lowest BCUT2D eigenvalue weighted by Gasteiger charge is -2.22. The van der Waals surface area contributed by atoms with Crippen molar-refractivity contribution in [1.29, 1.82) is 0 Å². The molecule has 2 aromatic carbocycles. The molecule has 2 unspecified atom stereocenters. The molecule has 0 saturated heterocycles. The molecular formula is C17H17ClO2. The highest BCUT2D eigenvalue weighted by Crippen LogP contribution is 2.40. The van der Waals surface area contributed by atoms with Gasteiger partial charge in [0.15, 0.2) is 11.5 Å². The van der Waals surface area contributed by atoms with Crippen LogP contribution in [0.3, 0.4) is 0 Å². The Labute approximate surface area is 124 Å². The lowest BCUT2D eigenvalue weighted by atomic mass is 9.93. The van der Waals surface area contributed by atoms with Gasteiger partial charge in [0.05, 0.1) is 5.38 Å². The van der Waals surface area contributed by atoms with Crippen LogP contribution in [0.15, 0.2) is 48.5 Å². The van der Waals surface area contributed by atoms with Crippen LogP contribution in [0.4, 0.5) is 0 Å². The zero-order valence-electron chi connectivity index (χ0n) is 11.4. The maximum atomic E-state index is 6.64. The molecule has 3 heteroatoms. The highest BCUT2D eigenvalue weighted by molar-refractivity contribution is 6.21. The fourth-order valence-corrected chi connectivity index (χ4v) is 2.73. The van der Waals surface area contributed by atoms with Crippen LogP contribution in [-0.4, -0.2) is 13.2 Å². The van der Waals surface area contributed by atoms with Crippen LogP contribution in [-0.2, 0) is 0 Å². The first-order chi connectivity index (χ1) is 9.75. The van der Waals surface area contributed by atoms with E-state index in [0.717, 1.165) is 17.1 Å². The molecule has 2 nitrogen and oxygen atoms in total. The van der Waals surface area contributed by atoms with Crippen LogP contribution < -0.4 is 9.47 Å². The van der Waals surface area contributed by atoms with Gasteiger partial charge in [0.25, 0.3) is 0 Å². The second-order valence-electron chi connectivity index (χ2n) is 5.00. The van der Waals surface area contributed by atoms with Crippen molar-refractivity contribution in [2.24, 2.45) is 0 Å². The zero-order valence-corrected chi connectivity index (χ0v) is 12.1. The third kappa shape index (κ3) is 2.61. The molecule has 0 aliphatic carbocycles. The Morgan fingerprint density at radius 2 is 1.60 bits per heavy atom. The highest BCUT2D eigenvalue weighted by atomic mass is 35.5. The Morgan fingerprint density at radius 3 is 2.35 bits per heavy atom. The van der Waals surface area contributed by atoms with Crippen LogP contribution in [0.2, 0.25) is 0 Å². The summed E-state index contributed by atoms with van der Waals surface area (Å²) in [7, 11) is 0. The minimum Gasteiger partial charge on any atom is -0.486 e. The molecule has 0 fully saturated rings. The van der Waals surface area contributed by atoms with Crippen molar-refractivity contribution in [3.05, 3.63) is 59.7 Å². The summed E-state index contributed by atoms with van der Waals surface area (Å²) in [5.74, 6) is 1.83. The third-order valence-corrected chi connectivity index (χ3v) is 4.28. The average molecular weight is 289 g/mol. The van der Waals surface area contributed by atoms with Crippen LogP contribution in [0.25, 0.3) is 0 Å². The molecule has 2 aromatic rings. The van der Waals surface area contributed by atoms with Gasteiger partial charge in [-0.2, -0.15) is 0 Å². The van der Waals surface area contributed by atoms with Crippen molar-refractivity contribution in [1.82, 2.24) is 0 Å². The monoisotopic (exact) mass is 288 g/mol. The van der Waals surface area contributed by atoms with E-state index in [-0.39, 0.29) is 11.3 Å². The molecule has 1 aliphatic heterocycles. The van der Waals surface area contributed by atoms with Gasteiger partial charge in [0.2, 0.25) is 0 Å². The number of rotatable bonds is 3. The lowest BCUT2D eigenvalue weighted by molar-refractivity contribution is 0.171. The van der Waals surface area contributed by atoms with E-state index in [2.05, 4.69) is 19.1 Å². The number of halogens is 1. The number of hydrogen-bond donors (Lipinski definition) is 0. The Kier molecular flexibility index (Phi) is 3.83. The second-order valence-corrected chi connectivity index (χ2v) is 5.47. The van der Waals surface area contributed by atoms with Crippen molar-refractivity contribution >= 4 is 11.6 Å². The van der Waals surface area contributed by atoms with Crippen molar-refractivity contribution in [2.75, 3.05) is 13.2 Å². The van der Waals surface area contributed by atoms with E-state index in [4.69, 9.17) is 21.1 Å². The number of fused-ring (bicyclic) bond motifs is 1. The molecule has 0 amide bonds. The Balaban J connectivity index is 1.85. The van der Waals surface area contributed by atoms with Crippen molar-refractivity contribution < 1.29 is 9.47 Å². The molecule has 20 heavy (non-hydrogen) atoms. The second kappa shape index (κ2) is 5.76. The molecule has 0 radical (unpaired) electrons. The van der Waals surface area contributed by atoms with Gasteiger partial charge in [-0.3, -0.25) is 0 Å². The van der Waals surface area contributed by atoms with Crippen molar-refractivity contribution in [2.45, 2.75) is 18.2 Å². The number of hydrogen-bond acceptors (Lipinski definition) is 2. The quantitative estimate of drug-likeness (QED) is 0.772. The lowest BCUT2D eigenvalue weighted by Crippen LogP contribution is -2.15. The SMILES string of the molecule is CC(c1ccccc1)C(Cl)c1ccc2c(c1)OCCO2. The third-order valence-electron chi connectivity index (χ3n) is 3.65. The van der Waals surface area contributed by atoms with Gasteiger partial charge in [0, 0.05) is 5.92 Å². The normalized spacial score (nSPS) is 16.5. The van der Waals surface area contributed by atoms with E-state index in [0.29, 0.717) is 13.2 Å². The zero-order chi connectivity index (χ0) is 13.9. The highest BCUT2D eigenvalue weighted by Gasteiger charge is 2.21. The summed E-state index contributed by atoms with van der Waals surface area (Å²) < 4.78 is 11.2. The summed E-state index contributed by atoms with van der Waals surface area (Å²) in [5.41, 5.74) is 2.30. The minimum atomic E-state index is -0.0896. The molecule has 3 rings (SSSR count). The molecule has 104 valence electrons. The minimum absolute atomic E-state index is 0.0896. The van der Waals surface area contributed by atoms with E-state index in [9.17, 15) is 0 Å². The standard InChI is InChI=1S/C17H17ClO2/c1-12(13-5-3-2-4-6-13)17(18)14-7-8-15-16(11-14)20-10-9-19-15/h2-8,11-12,17H,9-10H2,1H3. The fraction of sp³-hybridized carbons (Fsp3) is 0.294. The first kappa shape index (κ1) is 13.3. The van der Waals surface area contributed by atoms with Gasteiger partial charge in [0.1, 0.15) is 13.2 Å². The average Bonchev–Trinajstić information content (AvgIpc) is 2.54. The Hall–Kier alpha value is -1.67.